The van der Waals surface area contributed by atoms with Crippen LogP contribution < -0.4 is 26.6 Å². The first-order valence-electron chi connectivity index (χ1n) is 6.27. The van der Waals surface area contributed by atoms with E-state index in [1.165, 1.54) is 18.2 Å². The van der Waals surface area contributed by atoms with Gasteiger partial charge in [-0.25, -0.2) is 4.79 Å². The molecule has 0 bridgehead atoms. The monoisotopic (exact) mass is 306 g/mol. The normalized spacial score (nSPS) is 10.4. The number of amides is 2. The molecule has 1 aromatic carbocycles. The van der Waals surface area contributed by atoms with Crippen molar-refractivity contribution in [2.24, 2.45) is 11.5 Å². The number of fused-ring (bicyclic) bond motifs is 1. The molecule has 2 amide bonds. The number of rotatable bonds is 6. The topological polar surface area (TPSA) is 135 Å². The molecule has 0 saturated heterocycles. The average Bonchev–Trinajstić information content (AvgIpc) is 2.41. The zero-order chi connectivity index (χ0) is 16.3. The van der Waals surface area contributed by atoms with E-state index in [1.807, 2.05) is 0 Å². The maximum Gasteiger partial charge on any atom is 0.336 e. The Bertz CT molecular complexity index is 796. The van der Waals surface area contributed by atoms with Crippen molar-refractivity contribution >= 4 is 22.8 Å². The summed E-state index contributed by atoms with van der Waals surface area (Å²) in [5, 5.41) is 0.507. The average molecular weight is 306 g/mol. The van der Waals surface area contributed by atoms with E-state index in [0.717, 1.165) is 0 Å². The quantitative estimate of drug-likeness (QED) is 0.711. The van der Waals surface area contributed by atoms with E-state index in [2.05, 4.69) is 0 Å². The lowest BCUT2D eigenvalue weighted by molar-refractivity contribution is -0.120. The summed E-state index contributed by atoms with van der Waals surface area (Å²) in [6.07, 6.45) is 0. The van der Waals surface area contributed by atoms with Crippen LogP contribution in [-0.4, -0.2) is 25.0 Å². The lowest BCUT2D eigenvalue weighted by Crippen LogP contribution is -2.21. The highest BCUT2D eigenvalue weighted by molar-refractivity contribution is 5.88. The number of primary amides is 2. The Kier molecular flexibility index (Phi) is 4.31. The summed E-state index contributed by atoms with van der Waals surface area (Å²) in [5.41, 5.74) is 10.3. The van der Waals surface area contributed by atoms with Crippen LogP contribution in [0.25, 0.3) is 11.0 Å². The molecule has 4 N–H and O–H groups in total. The van der Waals surface area contributed by atoms with Gasteiger partial charge in [0.05, 0.1) is 5.39 Å². The maximum absolute atomic E-state index is 11.5. The maximum atomic E-state index is 11.5. The van der Waals surface area contributed by atoms with Gasteiger partial charge in [0.1, 0.15) is 17.1 Å². The van der Waals surface area contributed by atoms with Gasteiger partial charge in [-0.05, 0) is 12.5 Å². The molecule has 0 atom stereocenters. The van der Waals surface area contributed by atoms with E-state index in [4.69, 9.17) is 25.4 Å². The van der Waals surface area contributed by atoms with Gasteiger partial charge in [0.25, 0.3) is 11.8 Å². The minimum absolute atomic E-state index is 0.200. The van der Waals surface area contributed by atoms with Gasteiger partial charge in [0.2, 0.25) is 0 Å². The van der Waals surface area contributed by atoms with Gasteiger partial charge in [-0.3, -0.25) is 9.59 Å². The number of ether oxygens (including phenoxy) is 2. The third kappa shape index (κ3) is 3.54. The summed E-state index contributed by atoms with van der Waals surface area (Å²) in [6.45, 7) is 0.990. The summed E-state index contributed by atoms with van der Waals surface area (Å²) in [4.78, 5) is 33.1. The Morgan fingerprint density at radius 1 is 1.09 bits per heavy atom. The molecule has 0 aliphatic rings. The number of aryl methyl sites for hydroxylation is 1. The van der Waals surface area contributed by atoms with Crippen LogP contribution in [0.3, 0.4) is 0 Å². The number of hydrogen-bond acceptors (Lipinski definition) is 6. The van der Waals surface area contributed by atoms with Gasteiger partial charge in [-0.2, -0.15) is 0 Å². The van der Waals surface area contributed by atoms with Crippen LogP contribution in [0.5, 0.6) is 11.5 Å². The Morgan fingerprint density at radius 2 is 1.73 bits per heavy atom. The van der Waals surface area contributed by atoms with E-state index in [0.29, 0.717) is 10.9 Å². The number of hydrogen-bond donors (Lipinski definition) is 2. The van der Waals surface area contributed by atoms with Crippen molar-refractivity contribution < 1.29 is 23.5 Å². The van der Waals surface area contributed by atoms with Gasteiger partial charge < -0.3 is 25.4 Å². The fourth-order valence-corrected chi connectivity index (χ4v) is 1.92. The second-order valence-electron chi connectivity index (χ2n) is 4.55. The molecule has 1 aromatic heterocycles. The molecule has 1 heterocycles. The number of nitrogens with two attached hydrogens (primary N) is 2. The number of benzene rings is 1. The molecule has 0 aliphatic carbocycles. The van der Waals surface area contributed by atoms with Crippen LogP contribution in [0.15, 0.2) is 27.4 Å². The van der Waals surface area contributed by atoms with Gasteiger partial charge in [0, 0.05) is 18.2 Å². The molecule has 2 rings (SSSR count). The van der Waals surface area contributed by atoms with Crippen molar-refractivity contribution in [1.29, 1.82) is 0 Å². The summed E-state index contributed by atoms with van der Waals surface area (Å²) in [5.74, 6) is -0.867. The van der Waals surface area contributed by atoms with Crippen molar-refractivity contribution in [3.8, 4) is 11.5 Å². The van der Waals surface area contributed by atoms with Gasteiger partial charge >= 0.3 is 5.63 Å². The lowest BCUT2D eigenvalue weighted by Gasteiger charge is -2.12. The molecule has 22 heavy (non-hydrogen) atoms. The van der Waals surface area contributed by atoms with E-state index in [1.54, 1.807) is 6.92 Å². The smallest absolute Gasteiger partial charge is 0.336 e. The van der Waals surface area contributed by atoms with Crippen LogP contribution in [-0.2, 0) is 9.59 Å². The van der Waals surface area contributed by atoms with Gasteiger partial charge in [-0.15, -0.1) is 0 Å². The third-order valence-electron chi connectivity index (χ3n) is 2.73. The van der Waals surface area contributed by atoms with E-state index >= 15 is 0 Å². The van der Waals surface area contributed by atoms with Crippen LogP contribution in [0.1, 0.15) is 5.56 Å². The molecule has 0 aliphatic heterocycles. The SMILES string of the molecule is Cc1cc(=O)oc2cc(OCC(N)=O)cc(OCC(N)=O)c12. The minimum Gasteiger partial charge on any atom is -0.484 e. The van der Waals surface area contributed by atoms with Crippen LogP contribution in [0.2, 0.25) is 0 Å². The predicted octanol–water partition coefficient (Wildman–Crippen LogP) is -0.170. The lowest BCUT2D eigenvalue weighted by atomic mass is 10.1. The molecular weight excluding hydrogens is 292 g/mol. The first-order chi connectivity index (χ1) is 10.4. The van der Waals surface area contributed by atoms with Gasteiger partial charge in [0.15, 0.2) is 13.2 Å². The second-order valence-corrected chi connectivity index (χ2v) is 4.55. The standard InChI is InChI=1S/C14H14N2O6/c1-7-2-13(19)22-10-4-8(20-5-11(15)17)3-9(14(7)10)21-6-12(16)18/h2-4H,5-6H2,1H3,(H2,15,17)(H2,16,18). The summed E-state index contributed by atoms with van der Waals surface area (Å²) in [7, 11) is 0. The van der Waals surface area contributed by atoms with Crippen molar-refractivity contribution in [2.75, 3.05) is 13.2 Å². The largest absolute Gasteiger partial charge is 0.484 e. The first kappa shape index (κ1) is 15.4. The number of carbonyl (C=O) groups excluding carboxylic acids is 2. The zero-order valence-corrected chi connectivity index (χ0v) is 11.8. The van der Waals surface area contributed by atoms with Gasteiger partial charge in [-0.1, -0.05) is 0 Å². The Morgan fingerprint density at radius 3 is 2.36 bits per heavy atom. The molecule has 0 spiro atoms. The third-order valence-corrected chi connectivity index (χ3v) is 2.73. The fourth-order valence-electron chi connectivity index (χ4n) is 1.92. The highest BCUT2D eigenvalue weighted by Gasteiger charge is 2.13. The molecule has 2 aromatic rings. The Hall–Kier alpha value is -3.03. The van der Waals surface area contributed by atoms with Crippen molar-refractivity contribution in [2.45, 2.75) is 6.92 Å². The summed E-state index contributed by atoms with van der Waals surface area (Å²) < 4.78 is 15.6. The van der Waals surface area contributed by atoms with Crippen LogP contribution >= 0.6 is 0 Å². The van der Waals surface area contributed by atoms with E-state index in [-0.39, 0.29) is 30.3 Å². The molecule has 0 radical (unpaired) electrons. The van der Waals surface area contributed by atoms with Crippen molar-refractivity contribution in [3.63, 3.8) is 0 Å². The predicted molar refractivity (Wildman–Crippen MR) is 76.6 cm³/mol. The molecule has 0 fully saturated rings. The van der Waals surface area contributed by atoms with Crippen molar-refractivity contribution in [1.82, 2.24) is 0 Å². The highest BCUT2D eigenvalue weighted by Crippen LogP contribution is 2.32. The Labute approximate surface area is 124 Å². The molecule has 0 unspecified atom stereocenters. The van der Waals surface area contributed by atoms with E-state index < -0.39 is 17.4 Å². The van der Waals surface area contributed by atoms with E-state index in [9.17, 15) is 14.4 Å². The minimum atomic E-state index is -0.662. The molecule has 0 saturated carbocycles. The Balaban J connectivity index is 2.53. The first-order valence-corrected chi connectivity index (χ1v) is 6.27. The fraction of sp³-hybridized carbons (Fsp3) is 0.214. The van der Waals surface area contributed by atoms with Crippen molar-refractivity contribution in [3.05, 3.63) is 34.2 Å². The second kappa shape index (κ2) is 6.17. The summed E-state index contributed by atoms with van der Waals surface area (Å²) >= 11 is 0. The van der Waals surface area contributed by atoms with Crippen LogP contribution in [0, 0.1) is 6.92 Å². The van der Waals surface area contributed by atoms with Crippen LogP contribution in [0.4, 0.5) is 0 Å². The molecule has 8 nitrogen and oxygen atoms in total. The number of carbonyl (C=O) groups is 2. The highest BCUT2D eigenvalue weighted by atomic mass is 16.5. The molecule has 8 heteroatoms. The molecule has 116 valence electrons. The molecular formula is C14H14N2O6. The zero-order valence-electron chi connectivity index (χ0n) is 11.8. The summed E-state index contributed by atoms with van der Waals surface area (Å²) in [6, 6.07) is 4.19.